The molecule has 1 heterocycles. The average molecular weight is 314 g/mol. The Hall–Kier alpha value is -0.580. The maximum atomic E-state index is 5.65. The van der Waals surface area contributed by atoms with Gasteiger partial charge in [0.25, 0.3) is 0 Å². The Morgan fingerprint density at radius 3 is 2.94 bits per heavy atom. The second-order valence-corrected chi connectivity index (χ2v) is 5.66. The molecule has 0 amide bonds. The van der Waals surface area contributed by atoms with Crippen molar-refractivity contribution >= 4 is 15.9 Å². The van der Waals surface area contributed by atoms with E-state index in [0.29, 0.717) is 6.10 Å². The van der Waals surface area contributed by atoms with E-state index in [1.54, 1.807) is 7.11 Å². The van der Waals surface area contributed by atoms with E-state index in [1.807, 2.05) is 6.07 Å². The number of benzene rings is 1. The summed E-state index contributed by atoms with van der Waals surface area (Å²) in [5.74, 6) is 0.875. The lowest BCUT2D eigenvalue weighted by molar-refractivity contribution is 0.0793. The van der Waals surface area contributed by atoms with Crippen molar-refractivity contribution in [1.82, 2.24) is 4.90 Å². The number of hydrogen-bond donors (Lipinski definition) is 0. The van der Waals surface area contributed by atoms with E-state index in [-0.39, 0.29) is 0 Å². The third-order valence-corrected chi connectivity index (χ3v) is 3.83. The molecule has 1 unspecified atom stereocenters. The molecule has 0 aromatic heterocycles. The largest absolute Gasteiger partial charge is 0.496 e. The van der Waals surface area contributed by atoms with E-state index < -0.39 is 0 Å². The van der Waals surface area contributed by atoms with Crippen molar-refractivity contribution in [2.45, 2.75) is 25.5 Å². The van der Waals surface area contributed by atoms with Gasteiger partial charge in [0.05, 0.1) is 17.7 Å². The molecule has 1 aliphatic rings. The SMILES string of the molecule is COc1ccc(CN(C)CC2CCCO2)cc1Br. The van der Waals surface area contributed by atoms with Crippen molar-refractivity contribution in [1.29, 1.82) is 0 Å². The second-order valence-electron chi connectivity index (χ2n) is 4.80. The number of hydrogen-bond acceptors (Lipinski definition) is 3. The highest BCUT2D eigenvalue weighted by atomic mass is 79.9. The Kier molecular flexibility index (Phi) is 5.03. The summed E-state index contributed by atoms with van der Waals surface area (Å²) in [6.45, 7) is 2.86. The van der Waals surface area contributed by atoms with Crippen LogP contribution in [-0.2, 0) is 11.3 Å². The highest BCUT2D eigenvalue weighted by Gasteiger charge is 2.17. The minimum atomic E-state index is 0.414. The van der Waals surface area contributed by atoms with Crippen LogP contribution in [0, 0.1) is 0 Å². The van der Waals surface area contributed by atoms with Crippen LogP contribution in [0.1, 0.15) is 18.4 Å². The summed E-state index contributed by atoms with van der Waals surface area (Å²) >= 11 is 3.52. The Balaban J connectivity index is 1.89. The van der Waals surface area contributed by atoms with Gasteiger partial charge in [-0.05, 0) is 53.5 Å². The van der Waals surface area contributed by atoms with Crippen LogP contribution in [0.15, 0.2) is 22.7 Å². The van der Waals surface area contributed by atoms with E-state index >= 15 is 0 Å². The van der Waals surface area contributed by atoms with Gasteiger partial charge in [-0.1, -0.05) is 6.07 Å². The van der Waals surface area contributed by atoms with Crippen LogP contribution in [0.25, 0.3) is 0 Å². The summed E-state index contributed by atoms with van der Waals surface area (Å²) in [6, 6.07) is 6.22. The summed E-state index contributed by atoms with van der Waals surface area (Å²) in [6.07, 6.45) is 2.81. The molecule has 0 spiro atoms. The summed E-state index contributed by atoms with van der Waals surface area (Å²) in [7, 11) is 3.82. The first-order valence-electron chi connectivity index (χ1n) is 6.31. The molecule has 1 fully saturated rings. The first-order chi connectivity index (χ1) is 8.69. The highest BCUT2D eigenvalue weighted by molar-refractivity contribution is 9.10. The van der Waals surface area contributed by atoms with E-state index in [9.17, 15) is 0 Å². The first kappa shape index (κ1) is 13.8. The van der Waals surface area contributed by atoms with Gasteiger partial charge in [-0.15, -0.1) is 0 Å². The Labute approximate surface area is 117 Å². The summed E-state index contributed by atoms with van der Waals surface area (Å²) < 4.78 is 11.9. The smallest absolute Gasteiger partial charge is 0.133 e. The summed E-state index contributed by atoms with van der Waals surface area (Å²) in [5, 5.41) is 0. The Morgan fingerprint density at radius 1 is 1.50 bits per heavy atom. The zero-order valence-corrected chi connectivity index (χ0v) is 12.6. The third kappa shape index (κ3) is 3.70. The van der Waals surface area contributed by atoms with Crippen molar-refractivity contribution in [2.75, 3.05) is 27.3 Å². The predicted octanol–water partition coefficient (Wildman–Crippen LogP) is 3.07. The molecule has 100 valence electrons. The van der Waals surface area contributed by atoms with E-state index in [4.69, 9.17) is 9.47 Å². The number of halogens is 1. The fourth-order valence-corrected chi connectivity index (χ4v) is 2.91. The van der Waals surface area contributed by atoms with Crippen molar-refractivity contribution in [3.63, 3.8) is 0 Å². The lowest BCUT2D eigenvalue weighted by Crippen LogP contribution is -2.28. The van der Waals surface area contributed by atoms with Crippen LogP contribution in [0.3, 0.4) is 0 Å². The van der Waals surface area contributed by atoms with Crippen LogP contribution in [0.4, 0.5) is 0 Å². The summed E-state index contributed by atoms with van der Waals surface area (Å²) in [5.41, 5.74) is 1.28. The molecule has 18 heavy (non-hydrogen) atoms. The molecule has 2 rings (SSSR count). The van der Waals surface area contributed by atoms with Gasteiger partial charge in [0, 0.05) is 19.7 Å². The molecular formula is C14H20BrNO2. The lowest BCUT2D eigenvalue weighted by atomic mass is 10.2. The first-order valence-corrected chi connectivity index (χ1v) is 7.11. The molecule has 1 saturated heterocycles. The fourth-order valence-electron chi connectivity index (χ4n) is 2.32. The van der Waals surface area contributed by atoms with Gasteiger partial charge in [0.15, 0.2) is 0 Å². The van der Waals surface area contributed by atoms with Gasteiger partial charge in [-0.25, -0.2) is 0 Å². The standard InChI is InChI=1S/C14H20BrNO2/c1-16(10-12-4-3-7-18-12)9-11-5-6-14(17-2)13(15)8-11/h5-6,8,12H,3-4,7,9-10H2,1-2H3. The van der Waals surface area contributed by atoms with Gasteiger partial charge >= 0.3 is 0 Å². The van der Waals surface area contributed by atoms with Gasteiger partial charge in [0.2, 0.25) is 0 Å². The zero-order chi connectivity index (χ0) is 13.0. The van der Waals surface area contributed by atoms with E-state index in [0.717, 1.165) is 29.9 Å². The molecule has 0 bridgehead atoms. The average Bonchev–Trinajstić information content (AvgIpc) is 2.82. The van der Waals surface area contributed by atoms with Crippen molar-refractivity contribution < 1.29 is 9.47 Å². The number of likely N-dealkylation sites (N-methyl/N-ethyl adjacent to an activating group) is 1. The zero-order valence-electron chi connectivity index (χ0n) is 11.0. The maximum Gasteiger partial charge on any atom is 0.133 e. The van der Waals surface area contributed by atoms with Crippen LogP contribution in [0.2, 0.25) is 0 Å². The van der Waals surface area contributed by atoms with Gasteiger partial charge in [-0.2, -0.15) is 0 Å². The molecule has 0 saturated carbocycles. The number of ether oxygens (including phenoxy) is 2. The maximum absolute atomic E-state index is 5.65. The molecule has 1 atom stereocenters. The number of nitrogens with zero attached hydrogens (tertiary/aromatic N) is 1. The normalized spacial score (nSPS) is 19.4. The Bertz CT molecular complexity index is 391. The number of methoxy groups -OCH3 is 1. The lowest BCUT2D eigenvalue weighted by Gasteiger charge is -2.20. The fraction of sp³-hybridized carbons (Fsp3) is 0.571. The van der Waals surface area contributed by atoms with Gasteiger partial charge in [0.1, 0.15) is 5.75 Å². The molecule has 1 aromatic rings. The minimum Gasteiger partial charge on any atom is -0.496 e. The highest BCUT2D eigenvalue weighted by Crippen LogP contribution is 2.26. The molecule has 3 nitrogen and oxygen atoms in total. The van der Waals surface area contributed by atoms with Crippen molar-refractivity contribution in [3.8, 4) is 5.75 Å². The van der Waals surface area contributed by atoms with Gasteiger partial charge in [-0.3, -0.25) is 4.90 Å². The van der Waals surface area contributed by atoms with Crippen LogP contribution in [0.5, 0.6) is 5.75 Å². The van der Waals surface area contributed by atoms with Crippen molar-refractivity contribution in [3.05, 3.63) is 28.2 Å². The van der Waals surface area contributed by atoms with Crippen LogP contribution < -0.4 is 4.74 Å². The van der Waals surface area contributed by atoms with Crippen LogP contribution >= 0.6 is 15.9 Å². The molecular weight excluding hydrogens is 294 g/mol. The predicted molar refractivity (Wildman–Crippen MR) is 76.0 cm³/mol. The minimum absolute atomic E-state index is 0.414. The molecule has 1 aromatic carbocycles. The molecule has 1 aliphatic heterocycles. The summed E-state index contributed by atoms with van der Waals surface area (Å²) in [4.78, 5) is 2.31. The molecule has 0 radical (unpaired) electrons. The third-order valence-electron chi connectivity index (χ3n) is 3.21. The number of rotatable bonds is 5. The molecule has 0 aliphatic carbocycles. The molecule has 4 heteroatoms. The Morgan fingerprint density at radius 2 is 2.33 bits per heavy atom. The molecule has 0 N–H and O–H groups in total. The van der Waals surface area contributed by atoms with Gasteiger partial charge < -0.3 is 9.47 Å². The monoisotopic (exact) mass is 313 g/mol. The van der Waals surface area contributed by atoms with E-state index in [2.05, 4.69) is 40.0 Å². The van der Waals surface area contributed by atoms with E-state index in [1.165, 1.54) is 18.4 Å². The second kappa shape index (κ2) is 6.55. The van der Waals surface area contributed by atoms with Crippen LogP contribution in [-0.4, -0.2) is 38.3 Å². The topological polar surface area (TPSA) is 21.7 Å². The quantitative estimate of drug-likeness (QED) is 0.834. The van der Waals surface area contributed by atoms with Crippen molar-refractivity contribution in [2.24, 2.45) is 0 Å².